The van der Waals surface area contributed by atoms with Gasteiger partial charge in [-0.05, 0) is 79.5 Å². The van der Waals surface area contributed by atoms with Crippen molar-refractivity contribution in [3.8, 4) is 6.07 Å². The molecule has 35 heavy (non-hydrogen) atoms. The lowest BCUT2D eigenvalue weighted by molar-refractivity contribution is 0.0977. The van der Waals surface area contributed by atoms with Gasteiger partial charge in [-0.3, -0.25) is 9.69 Å². The summed E-state index contributed by atoms with van der Waals surface area (Å²) in [5.74, 6) is -0.427. The number of rotatable bonds is 4. The Kier molecular flexibility index (Phi) is 6.38. The fourth-order valence-corrected chi connectivity index (χ4v) is 5.29. The molecule has 7 heteroatoms. The summed E-state index contributed by atoms with van der Waals surface area (Å²) in [7, 11) is 0. The standard InChI is InChI=1S/C28H24ClFN4O/c29-26-16-22(9-12-32-26)27(35)34-19-28(24-17-23(30)7-8-25(24)34)10-14-33(15-11-28)13-1-2-20-3-5-21(18-31)6-4-20/h1-9,12,16-17H,10-11,13-15,19H2. The van der Waals surface area contributed by atoms with E-state index in [0.717, 1.165) is 49.3 Å². The molecule has 176 valence electrons. The minimum absolute atomic E-state index is 0.146. The molecule has 3 aromatic rings. The van der Waals surface area contributed by atoms with Crippen LogP contribution in [-0.2, 0) is 5.41 Å². The minimum atomic E-state index is -0.280. The third kappa shape index (κ3) is 4.70. The van der Waals surface area contributed by atoms with Crippen molar-refractivity contribution in [1.82, 2.24) is 9.88 Å². The van der Waals surface area contributed by atoms with Gasteiger partial charge in [0.25, 0.3) is 5.91 Å². The van der Waals surface area contributed by atoms with Gasteiger partial charge in [0.05, 0.1) is 11.6 Å². The van der Waals surface area contributed by atoms with Crippen molar-refractivity contribution in [2.75, 3.05) is 31.1 Å². The van der Waals surface area contributed by atoms with Crippen LogP contribution in [-0.4, -0.2) is 42.0 Å². The van der Waals surface area contributed by atoms with Gasteiger partial charge in [-0.25, -0.2) is 9.37 Å². The van der Waals surface area contributed by atoms with Crippen LogP contribution < -0.4 is 4.90 Å². The van der Waals surface area contributed by atoms with Crippen molar-refractivity contribution in [2.24, 2.45) is 0 Å². The summed E-state index contributed by atoms with van der Waals surface area (Å²) < 4.78 is 14.3. The van der Waals surface area contributed by atoms with Crippen molar-refractivity contribution in [3.63, 3.8) is 0 Å². The highest BCUT2D eigenvalue weighted by atomic mass is 35.5. The molecule has 1 saturated heterocycles. The molecule has 0 N–H and O–H groups in total. The largest absolute Gasteiger partial charge is 0.307 e. The number of halogens is 2. The molecule has 2 aromatic carbocycles. The van der Waals surface area contributed by atoms with Gasteiger partial charge < -0.3 is 4.90 Å². The molecule has 2 aliphatic rings. The second kappa shape index (κ2) is 9.61. The zero-order valence-electron chi connectivity index (χ0n) is 19.1. The lowest BCUT2D eigenvalue weighted by atomic mass is 9.74. The van der Waals surface area contributed by atoms with Crippen molar-refractivity contribution in [3.05, 3.63) is 100 Å². The van der Waals surface area contributed by atoms with E-state index in [0.29, 0.717) is 17.7 Å². The van der Waals surface area contributed by atoms with E-state index >= 15 is 0 Å². The Hall–Kier alpha value is -3.53. The van der Waals surface area contributed by atoms with Gasteiger partial charge in [0, 0.05) is 36.0 Å². The van der Waals surface area contributed by atoms with E-state index in [1.807, 2.05) is 24.3 Å². The van der Waals surface area contributed by atoms with Crippen molar-refractivity contribution >= 4 is 29.3 Å². The molecule has 1 amide bonds. The maximum Gasteiger partial charge on any atom is 0.258 e. The Bertz CT molecular complexity index is 1320. The monoisotopic (exact) mass is 486 g/mol. The van der Waals surface area contributed by atoms with Crippen LogP contribution in [0.25, 0.3) is 6.08 Å². The van der Waals surface area contributed by atoms with E-state index in [4.69, 9.17) is 16.9 Å². The molecule has 1 aromatic heterocycles. The number of fused-ring (bicyclic) bond motifs is 2. The normalized spacial score (nSPS) is 17.0. The van der Waals surface area contributed by atoms with Gasteiger partial charge >= 0.3 is 0 Å². The van der Waals surface area contributed by atoms with Crippen LogP contribution in [0.2, 0.25) is 5.15 Å². The van der Waals surface area contributed by atoms with Crippen LogP contribution in [0.4, 0.5) is 10.1 Å². The lowest BCUT2D eigenvalue weighted by Crippen LogP contribution is -2.46. The molecule has 3 heterocycles. The van der Waals surface area contributed by atoms with Crippen LogP contribution in [0.3, 0.4) is 0 Å². The van der Waals surface area contributed by atoms with Gasteiger partial charge in [-0.2, -0.15) is 5.26 Å². The molecule has 5 nitrogen and oxygen atoms in total. The third-order valence-electron chi connectivity index (χ3n) is 7.03. The number of hydrogen-bond acceptors (Lipinski definition) is 4. The molecule has 0 radical (unpaired) electrons. The van der Waals surface area contributed by atoms with E-state index in [9.17, 15) is 9.18 Å². The van der Waals surface area contributed by atoms with Crippen molar-refractivity contribution in [1.29, 1.82) is 5.26 Å². The van der Waals surface area contributed by atoms with Gasteiger partial charge in [-0.15, -0.1) is 0 Å². The maximum absolute atomic E-state index is 14.3. The number of pyridine rings is 1. The zero-order valence-corrected chi connectivity index (χ0v) is 19.9. The predicted octanol–water partition coefficient (Wildman–Crippen LogP) is 5.45. The molecule has 0 bridgehead atoms. The van der Waals surface area contributed by atoms with Crippen LogP contribution in [0.5, 0.6) is 0 Å². The van der Waals surface area contributed by atoms with Gasteiger partial charge in [0.2, 0.25) is 0 Å². The van der Waals surface area contributed by atoms with E-state index < -0.39 is 0 Å². The molecule has 0 aliphatic carbocycles. The molecule has 2 aliphatic heterocycles. The van der Waals surface area contributed by atoms with Gasteiger partial charge in [-0.1, -0.05) is 35.9 Å². The topological polar surface area (TPSA) is 60.2 Å². The number of nitrogens with zero attached hydrogens (tertiary/aromatic N) is 4. The minimum Gasteiger partial charge on any atom is -0.307 e. The van der Waals surface area contributed by atoms with Crippen LogP contribution >= 0.6 is 11.6 Å². The third-order valence-corrected chi connectivity index (χ3v) is 7.23. The average Bonchev–Trinajstić information content (AvgIpc) is 3.18. The highest BCUT2D eigenvalue weighted by Gasteiger charge is 2.46. The number of hydrogen-bond donors (Lipinski definition) is 0. The quantitative estimate of drug-likeness (QED) is 0.460. The van der Waals surface area contributed by atoms with Crippen LogP contribution in [0.15, 0.2) is 66.9 Å². The van der Waals surface area contributed by atoms with Crippen molar-refractivity contribution in [2.45, 2.75) is 18.3 Å². The molecular formula is C28H24ClFN4O. The number of nitriles is 1. The highest BCUT2D eigenvalue weighted by Crippen LogP contribution is 2.47. The summed E-state index contributed by atoms with van der Waals surface area (Å²) in [5, 5.41) is 9.20. The molecule has 1 fully saturated rings. The summed E-state index contributed by atoms with van der Waals surface area (Å²) in [6.45, 7) is 3.05. The highest BCUT2D eigenvalue weighted by molar-refractivity contribution is 6.29. The number of benzene rings is 2. The summed E-state index contributed by atoms with van der Waals surface area (Å²) in [5.41, 5.74) is 3.61. The number of piperidine rings is 1. The molecule has 0 unspecified atom stereocenters. The molecule has 5 rings (SSSR count). The van der Waals surface area contributed by atoms with E-state index in [2.05, 4.69) is 28.1 Å². The van der Waals surface area contributed by atoms with Crippen molar-refractivity contribution < 1.29 is 9.18 Å². The first-order valence-corrected chi connectivity index (χ1v) is 12.0. The van der Waals surface area contributed by atoms with Crippen LogP contribution in [0, 0.1) is 17.1 Å². The predicted molar refractivity (Wildman–Crippen MR) is 135 cm³/mol. The first-order valence-electron chi connectivity index (χ1n) is 11.6. The van der Waals surface area contributed by atoms with Gasteiger partial charge in [0.1, 0.15) is 11.0 Å². The fourth-order valence-electron chi connectivity index (χ4n) is 5.11. The number of anilines is 1. The smallest absolute Gasteiger partial charge is 0.258 e. The van der Waals surface area contributed by atoms with E-state index in [1.165, 1.54) is 12.3 Å². The molecule has 0 saturated carbocycles. The Morgan fingerprint density at radius 1 is 1.14 bits per heavy atom. The summed E-state index contributed by atoms with van der Waals surface area (Å²) >= 11 is 6.01. The Morgan fingerprint density at radius 3 is 2.63 bits per heavy atom. The molecule has 1 spiro atoms. The number of likely N-dealkylation sites (tertiary alicyclic amines) is 1. The fraction of sp³-hybridized carbons (Fsp3) is 0.250. The second-order valence-electron chi connectivity index (χ2n) is 9.14. The zero-order chi connectivity index (χ0) is 24.4. The lowest BCUT2D eigenvalue weighted by Gasteiger charge is -2.39. The second-order valence-corrected chi connectivity index (χ2v) is 9.52. The number of amides is 1. The molecule has 0 atom stereocenters. The molecular weight excluding hydrogens is 463 g/mol. The summed E-state index contributed by atoms with van der Waals surface area (Å²) in [4.78, 5) is 21.5. The first-order chi connectivity index (χ1) is 17.0. The average molecular weight is 487 g/mol. The Labute approximate surface area is 209 Å². The Balaban J connectivity index is 1.30. The number of carbonyl (C=O) groups excluding carboxylic acids is 1. The van der Waals surface area contributed by atoms with Crippen LogP contribution in [0.1, 0.15) is 39.9 Å². The van der Waals surface area contributed by atoms with E-state index in [-0.39, 0.29) is 22.3 Å². The summed E-state index contributed by atoms with van der Waals surface area (Å²) in [6, 6.07) is 17.6. The van der Waals surface area contributed by atoms with Gasteiger partial charge in [0.15, 0.2) is 0 Å². The first kappa shape index (κ1) is 23.2. The maximum atomic E-state index is 14.3. The number of aromatic nitrogens is 1. The van der Waals surface area contributed by atoms with E-state index in [1.54, 1.807) is 29.2 Å². The Morgan fingerprint density at radius 2 is 1.91 bits per heavy atom. The summed E-state index contributed by atoms with van der Waals surface area (Å²) in [6.07, 6.45) is 7.40. The number of carbonyl (C=O) groups is 1. The SMILES string of the molecule is N#Cc1ccc(C=CCN2CCC3(CC2)CN(C(=O)c2ccnc(Cl)c2)c2ccc(F)cc23)cc1.